The van der Waals surface area contributed by atoms with E-state index in [0.717, 1.165) is 10.7 Å². The van der Waals surface area contributed by atoms with Crippen molar-refractivity contribution in [3.8, 4) is 0 Å². The van der Waals surface area contributed by atoms with Gasteiger partial charge in [0.05, 0.1) is 0 Å². The fourth-order valence-electron chi connectivity index (χ4n) is 0. The molecule has 0 unspecified atom stereocenters. The smallest absolute Gasteiger partial charge is 0.444 e. The molecule has 0 fully saturated rings. The summed E-state index contributed by atoms with van der Waals surface area (Å²) in [5.74, 6) is 0. The van der Waals surface area contributed by atoms with Crippen molar-refractivity contribution in [2.24, 2.45) is 10.7 Å². The normalized spacial score (nSPS) is 1.85. The van der Waals surface area contributed by atoms with Crippen molar-refractivity contribution in [1.29, 1.82) is 0 Å². The minimum absolute atomic E-state index is 0. The number of rotatable bonds is 0. The quantitative estimate of drug-likeness (QED) is 0.235. The van der Waals surface area contributed by atoms with E-state index in [-0.39, 0.29) is 49.9 Å². The Morgan fingerprint density at radius 1 is 0.615 bits per heavy atom. The molecule has 0 heterocycles. The van der Waals surface area contributed by atoms with Crippen LogP contribution in [0, 0.1) is 20.2 Å². The first-order valence-electron chi connectivity index (χ1n) is 0.730. The van der Waals surface area contributed by atoms with E-state index in [2.05, 4.69) is 0 Å². The average Bonchev–Trinajstić information content (AvgIpc) is 1.39. The second-order valence-corrected chi connectivity index (χ2v) is 0.149. The van der Waals surface area contributed by atoms with Crippen LogP contribution in [0.1, 0.15) is 0 Å². The molecule has 0 aromatic carbocycles. The van der Waals surface area contributed by atoms with E-state index < -0.39 is 0 Å². The maximum atomic E-state index is 8.00. The van der Waals surface area contributed by atoms with E-state index in [0.29, 0.717) is 0 Å². The summed E-state index contributed by atoms with van der Waals surface area (Å²) in [4.78, 5) is 16.0. The number of hydrogen-bond acceptors (Lipinski definition) is 6. The van der Waals surface area contributed by atoms with Gasteiger partial charge in [0.15, 0.2) is 0 Å². The molecule has 0 saturated carbocycles. The second-order valence-electron chi connectivity index (χ2n) is 0.149. The molecule has 90 valence electrons. The average molecular weight is 256 g/mol. The molecule has 13 heavy (non-hydrogen) atoms. The molecular weight excluding hydrogens is 244 g/mol. The van der Waals surface area contributed by atoms with Crippen molar-refractivity contribution < 1.29 is 49.9 Å². The molecule has 0 saturated heterocycles. The summed E-state index contributed by atoms with van der Waals surface area (Å²) in [5, 5.41) is 18.0. The third kappa shape index (κ3) is 1080. The van der Waals surface area contributed by atoms with E-state index >= 15 is 0 Å². The van der Waals surface area contributed by atoms with Crippen LogP contribution in [0.25, 0.3) is 0 Å². The predicted octanol–water partition coefficient (Wildman–Crippen LogP) is -4.45. The van der Waals surface area contributed by atoms with Gasteiger partial charge in [-0.05, 0) is 0 Å². The van der Waals surface area contributed by atoms with Gasteiger partial charge in [-0.25, -0.2) is 0 Å². The zero-order chi connectivity index (χ0) is 5.41. The molecule has 0 aliphatic rings. The van der Waals surface area contributed by atoms with Gasteiger partial charge < -0.3 is 53.1 Å². The van der Waals surface area contributed by atoms with E-state index in [9.17, 15) is 0 Å². The van der Waals surface area contributed by atoms with Gasteiger partial charge in [0.1, 0.15) is 0 Å². The SMILES string of the molecule is O.O.O.O.O.O.O=N[O-].O=N[O-].[Fe+2]. The van der Waals surface area contributed by atoms with Crippen molar-refractivity contribution in [2.45, 2.75) is 0 Å². The Morgan fingerprint density at radius 3 is 0.615 bits per heavy atom. The van der Waals surface area contributed by atoms with Gasteiger partial charge >= 0.3 is 17.1 Å². The topological polar surface area (TPSA) is 294 Å². The van der Waals surface area contributed by atoms with Crippen LogP contribution in [0.2, 0.25) is 0 Å². The monoisotopic (exact) mass is 256 g/mol. The molecule has 0 rings (SSSR count). The first kappa shape index (κ1) is 156. The molecule has 0 bridgehead atoms. The molecule has 0 atom stereocenters. The number of nitrogens with zero attached hydrogens (tertiary/aromatic N) is 2. The molecule has 0 aromatic rings. The van der Waals surface area contributed by atoms with Gasteiger partial charge in [0, 0.05) is 0 Å². The zero-order valence-electron chi connectivity index (χ0n) is 5.88. The third-order valence-electron chi connectivity index (χ3n) is 0. The van der Waals surface area contributed by atoms with Crippen LogP contribution >= 0.6 is 0 Å². The molecule has 0 aliphatic heterocycles. The third-order valence-corrected chi connectivity index (χ3v) is 0. The van der Waals surface area contributed by atoms with Crippen LogP contribution < -0.4 is 0 Å². The van der Waals surface area contributed by atoms with Crippen molar-refractivity contribution in [2.75, 3.05) is 0 Å². The van der Waals surface area contributed by atoms with Crippen molar-refractivity contribution in [3.05, 3.63) is 20.2 Å². The largest absolute Gasteiger partial charge is 2.00 e. The molecule has 12 nitrogen and oxygen atoms in total. The van der Waals surface area contributed by atoms with Gasteiger partial charge in [-0.1, -0.05) is 0 Å². The Labute approximate surface area is 81.7 Å². The summed E-state index contributed by atoms with van der Waals surface area (Å²) < 4.78 is 0. The summed E-state index contributed by atoms with van der Waals surface area (Å²) in [7, 11) is 0. The van der Waals surface area contributed by atoms with Crippen LogP contribution in [-0.4, -0.2) is 32.9 Å². The Bertz CT molecular complexity index is 33.9. The first-order chi connectivity index (χ1) is 2.83. The number of hydrogen-bond donors (Lipinski definition) is 0. The molecule has 0 aromatic heterocycles. The van der Waals surface area contributed by atoms with Crippen LogP contribution in [0.5, 0.6) is 0 Å². The summed E-state index contributed by atoms with van der Waals surface area (Å²) in [6.45, 7) is 0. The standard InChI is InChI=1S/Fe.2HNO2.6H2O/c;2*2-1-3;;;;;;/h;2*(H,2,3);6*1H2/q+2;;;;;;;;/p-2. The maximum absolute atomic E-state index is 8.00. The predicted molar refractivity (Wildman–Crippen MR) is 40.0 cm³/mol. The fourth-order valence-corrected chi connectivity index (χ4v) is 0. The zero-order valence-corrected chi connectivity index (χ0v) is 6.99. The van der Waals surface area contributed by atoms with Crippen LogP contribution in [0.3, 0.4) is 0 Å². The molecule has 0 amide bonds. The van der Waals surface area contributed by atoms with Gasteiger partial charge in [-0.3, -0.25) is 0 Å². The van der Waals surface area contributed by atoms with Gasteiger partial charge in [0.25, 0.3) is 0 Å². The Kier molecular flexibility index (Phi) is 11600. The van der Waals surface area contributed by atoms with Gasteiger partial charge in [0.2, 0.25) is 0 Å². The molecule has 0 radical (unpaired) electrons. The minimum atomic E-state index is 0. The molecule has 0 spiro atoms. The van der Waals surface area contributed by atoms with E-state index in [1.807, 2.05) is 0 Å². The van der Waals surface area contributed by atoms with Gasteiger partial charge in [-0.15, -0.1) is 10.7 Å². The summed E-state index contributed by atoms with van der Waals surface area (Å²) in [6, 6.07) is 0. The second kappa shape index (κ2) is 966. The van der Waals surface area contributed by atoms with Crippen molar-refractivity contribution in [1.82, 2.24) is 0 Å². The van der Waals surface area contributed by atoms with Gasteiger partial charge in [-0.2, -0.15) is 0 Å². The summed E-state index contributed by atoms with van der Waals surface area (Å²) >= 11 is 0. The molecule has 12 N–H and O–H groups in total. The van der Waals surface area contributed by atoms with E-state index in [1.54, 1.807) is 0 Å². The molecule has 0 aliphatic carbocycles. The fraction of sp³-hybridized carbons (Fsp3) is 0. The summed E-state index contributed by atoms with van der Waals surface area (Å²) in [6.07, 6.45) is 0. The van der Waals surface area contributed by atoms with E-state index in [4.69, 9.17) is 20.2 Å². The Balaban J connectivity index is -0.00000000229. The minimum Gasteiger partial charge on any atom is -0.444 e. The molecular formula is H12FeN2O10. The first-order valence-corrected chi connectivity index (χ1v) is 0.730. The van der Waals surface area contributed by atoms with Crippen LogP contribution in [-0.2, 0) is 17.1 Å². The van der Waals surface area contributed by atoms with Crippen LogP contribution in [0.4, 0.5) is 0 Å². The molecule has 13 heteroatoms. The van der Waals surface area contributed by atoms with Crippen LogP contribution in [0.15, 0.2) is 10.7 Å². The van der Waals surface area contributed by atoms with E-state index in [1.165, 1.54) is 0 Å². The summed E-state index contributed by atoms with van der Waals surface area (Å²) in [5.41, 5.74) is 0. The van der Waals surface area contributed by atoms with Crippen molar-refractivity contribution in [3.63, 3.8) is 0 Å². The Morgan fingerprint density at radius 2 is 0.615 bits per heavy atom. The maximum Gasteiger partial charge on any atom is 2.00 e. The van der Waals surface area contributed by atoms with Crippen molar-refractivity contribution >= 4 is 0 Å². The Hall–Kier alpha value is -0.921.